The van der Waals surface area contributed by atoms with Crippen molar-refractivity contribution in [3.8, 4) is 17.1 Å². The van der Waals surface area contributed by atoms with Crippen LogP contribution in [0.2, 0.25) is 5.02 Å². The number of methoxy groups -OCH3 is 1. The topological polar surface area (TPSA) is 119 Å². The van der Waals surface area contributed by atoms with Crippen LogP contribution in [0.3, 0.4) is 0 Å². The first-order valence-electron chi connectivity index (χ1n) is 15.3. The number of ether oxygens (including phenoxy) is 1. The van der Waals surface area contributed by atoms with Crippen molar-refractivity contribution in [1.82, 2.24) is 29.5 Å². The molecule has 3 aliphatic rings. The van der Waals surface area contributed by atoms with Gasteiger partial charge in [-0.1, -0.05) is 24.4 Å². The molecular weight excluding hydrogens is 588 g/mol. The summed E-state index contributed by atoms with van der Waals surface area (Å²) in [6.45, 7) is 6.69. The van der Waals surface area contributed by atoms with Crippen molar-refractivity contribution in [3.63, 3.8) is 0 Å². The molecule has 1 aliphatic carbocycles. The first-order valence-corrected chi connectivity index (χ1v) is 17.6. The van der Waals surface area contributed by atoms with E-state index in [1.54, 1.807) is 13.3 Å². The van der Waals surface area contributed by atoms with Crippen LogP contribution in [0.1, 0.15) is 38.5 Å². The summed E-state index contributed by atoms with van der Waals surface area (Å²) >= 11 is 6.64. The van der Waals surface area contributed by atoms with Gasteiger partial charge in [-0.3, -0.25) is 4.90 Å². The second-order valence-corrected chi connectivity index (χ2v) is 14.4. The van der Waals surface area contributed by atoms with E-state index in [4.69, 9.17) is 21.3 Å². The molecule has 0 radical (unpaired) electrons. The van der Waals surface area contributed by atoms with E-state index < -0.39 is 10.0 Å². The summed E-state index contributed by atoms with van der Waals surface area (Å²) in [7, 11) is 0.550. The van der Waals surface area contributed by atoms with Crippen molar-refractivity contribution in [2.45, 2.75) is 56.7 Å². The normalized spacial score (nSPS) is 23.1. The maximum absolute atomic E-state index is 12.0. The van der Waals surface area contributed by atoms with Gasteiger partial charge in [0.1, 0.15) is 17.1 Å². The molecule has 0 amide bonds. The van der Waals surface area contributed by atoms with Crippen molar-refractivity contribution >= 4 is 44.2 Å². The number of nitrogens with one attached hydrogen (secondary N) is 3. The highest BCUT2D eigenvalue weighted by Gasteiger charge is 2.30. The summed E-state index contributed by atoms with van der Waals surface area (Å²) in [5, 5.41) is 3.96. The number of piperidine rings is 1. The molecule has 2 aliphatic heterocycles. The highest BCUT2D eigenvalue weighted by atomic mass is 35.5. The SMILES string of the molecule is COc1cc(N2CCC(N3CCN(C)CC3)CC2)ccc1-c1nc2c(NC3CCCCC3NS(C)(=O)=O)c(Cl)cnc2[nH]1. The van der Waals surface area contributed by atoms with E-state index in [0.29, 0.717) is 33.7 Å². The van der Waals surface area contributed by atoms with Gasteiger partial charge in [0.15, 0.2) is 5.65 Å². The van der Waals surface area contributed by atoms with Crippen LogP contribution in [0.15, 0.2) is 24.4 Å². The van der Waals surface area contributed by atoms with Crippen LogP contribution in [-0.2, 0) is 10.0 Å². The average Bonchev–Trinajstić information content (AvgIpc) is 3.43. The van der Waals surface area contributed by atoms with Gasteiger partial charge in [-0.2, -0.15) is 0 Å². The molecule has 2 saturated heterocycles. The van der Waals surface area contributed by atoms with Crippen LogP contribution in [0.4, 0.5) is 11.4 Å². The standard InChI is InChI=1S/C30H43ClN8O3S/c1-37-14-16-39(17-15-37)20-10-12-38(13-11-20)21-8-9-22(26(18-21)42-2)29-34-28-27(23(31)19-32-30(28)35-29)33-24-6-4-5-7-25(24)36-43(3,40)41/h8-9,18-20,24-25,36H,4-7,10-17H2,1-3H3,(H2,32,33,34,35). The molecule has 13 heteroatoms. The summed E-state index contributed by atoms with van der Waals surface area (Å²) in [6, 6.07) is 6.63. The Morgan fingerprint density at radius 3 is 2.44 bits per heavy atom. The third kappa shape index (κ3) is 6.88. The molecule has 0 spiro atoms. The molecule has 11 nitrogen and oxygen atoms in total. The Morgan fingerprint density at radius 2 is 1.74 bits per heavy atom. The Bertz CT molecular complexity index is 1530. The summed E-state index contributed by atoms with van der Waals surface area (Å²) < 4.78 is 32.7. The van der Waals surface area contributed by atoms with Crippen LogP contribution in [0.25, 0.3) is 22.6 Å². The number of hydrogen-bond acceptors (Lipinski definition) is 9. The molecule has 3 aromatic rings. The number of likely N-dealkylation sites (N-methyl/N-ethyl adjacent to an activating group) is 1. The fourth-order valence-corrected chi connectivity index (χ4v) is 7.87. The van der Waals surface area contributed by atoms with Crippen molar-refractivity contribution in [2.75, 3.05) is 69.9 Å². The van der Waals surface area contributed by atoms with Crippen molar-refractivity contribution in [3.05, 3.63) is 29.4 Å². The molecule has 3 fully saturated rings. The smallest absolute Gasteiger partial charge is 0.209 e. The Labute approximate surface area is 259 Å². The monoisotopic (exact) mass is 630 g/mol. The number of rotatable bonds is 8. The highest BCUT2D eigenvalue weighted by molar-refractivity contribution is 7.88. The summed E-state index contributed by atoms with van der Waals surface area (Å²) in [4.78, 5) is 20.3. The lowest BCUT2D eigenvalue weighted by Crippen LogP contribution is -2.52. The lowest BCUT2D eigenvalue weighted by Gasteiger charge is -2.42. The van der Waals surface area contributed by atoms with Gasteiger partial charge in [0, 0.05) is 69.1 Å². The van der Waals surface area contributed by atoms with Crippen LogP contribution >= 0.6 is 11.6 Å². The number of halogens is 1. The number of pyridine rings is 1. The minimum absolute atomic E-state index is 0.110. The van der Waals surface area contributed by atoms with Crippen LogP contribution in [0, 0.1) is 0 Å². The average molecular weight is 631 g/mol. The molecule has 1 aromatic carbocycles. The number of aromatic nitrogens is 3. The van der Waals surface area contributed by atoms with Crippen LogP contribution < -0.4 is 19.7 Å². The lowest BCUT2D eigenvalue weighted by atomic mass is 9.91. The highest BCUT2D eigenvalue weighted by Crippen LogP contribution is 2.37. The van der Waals surface area contributed by atoms with Crippen molar-refractivity contribution < 1.29 is 13.2 Å². The van der Waals surface area contributed by atoms with E-state index >= 15 is 0 Å². The zero-order valence-corrected chi connectivity index (χ0v) is 26.8. The van der Waals surface area contributed by atoms with Gasteiger partial charge >= 0.3 is 0 Å². The van der Waals surface area contributed by atoms with Gasteiger partial charge in [0.25, 0.3) is 0 Å². The van der Waals surface area contributed by atoms with Gasteiger partial charge in [-0.25, -0.2) is 23.1 Å². The molecule has 234 valence electrons. The van der Waals surface area contributed by atoms with Crippen LogP contribution in [-0.4, -0.2) is 111 Å². The molecule has 4 heterocycles. The zero-order chi connectivity index (χ0) is 30.1. The molecule has 2 atom stereocenters. The van der Waals surface area contributed by atoms with E-state index in [9.17, 15) is 8.42 Å². The first kappa shape index (κ1) is 30.4. The number of sulfonamides is 1. The molecular formula is C30H43ClN8O3S. The number of hydrogen-bond donors (Lipinski definition) is 3. The summed E-state index contributed by atoms with van der Waals surface area (Å²) in [5.74, 6) is 1.38. The Balaban J connectivity index is 1.20. The molecule has 43 heavy (non-hydrogen) atoms. The summed E-state index contributed by atoms with van der Waals surface area (Å²) in [6.07, 6.45) is 8.71. The largest absolute Gasteiger partial charge is 0.496 e. The zero-order valence-electron chi connectivity index (χ0n) is 25.3. The van der Waals surface area contributed by atoms with E-state index in [1.807, 2.05) is 0 Å². The number of fused-ring (bicyclic) bond motifs is 1. The minimum Gasteiger partial charge on any atom is -0.496 e. The quantitative estimate of drug-likeness (QED) is 0.342. The Hall–Kier alpha value is -2.64. The number of piperazine rings is 1. The molecule has 6 rings (SSSR count). The van der Waals surface area contributed by atoms with Crippen molar-refractivity contribution in [1.29, 1.82) is 0 Å². The van der Waals surface area contributed by atoms with Crippen molar-refractivity contribution in [2.24, 2.45) is 0 Å². The number of anilines is 2. The number of imidazole rings is 1. The van der Waals surface area contributed by atoms with E-state index in [2.05, 4.69) is 60.0 Å². The number of benzene rings is 1. The number of nitrogens with zero attached hydrogens (tertiary/aromatic N) is 5. The van der Waals surface area contributed by atoms with Gasteiger partial charge in [0.05, 0.1) is 35.8 Å². The fourth-order valence-electron chi connectivity index (χ4n) is 6.85. The van der Waals surface area contributed by atoms with Gasteiger partial charge in [0.2, 0.25) is 10.0 Å². The van der Waals surface area contributed by atoms with Gasteiger partial charge in [-0.05, 0) is 44.9 Å². The van der Waals surface area contributed by atoms with Gasteiger partial charge in [-0.15, -0.1) is 0 Å². The third-order valence-corrected chi connectivity index (χ3v) is 10.3. The minimum atomic E-state index is -3.34. The number of aromatic amines is 1. The molecule has 3 N–H and O–H groups in total. The lowest BCUT2D eigenvalue weighted by molar-refractivity contribution is 0.0982. The molecule has 0 bridgehead atoms. The second-order valence-electron chi connectivity index (χ2n) is 12.2. The second kappa shape index (κ2) is 12.8. The van der Waals surface area contributed by atoms with E-state index in [1.165, 1.54) is 19.1 Å². The first-order chi connectivity index (χ1) is 20.7. The fraction of sp³-hybridized carbons (Fsp3) is 0.600. The maximum atomic E-state index is 12.0. The van der Waals surface area contributed by atoms with Gasteiger partial charge < -0.3 is 24.8 Å². The predicted molar refractivity (Wildman–Crippen MR) is 173 cm³/mol. The Morgan fingerprint density at radius 1 is 1.02 bits per heavy atom. The Kier molecular flexibility index (Phi) is 9.02. The molecule has 2 unspecified atom stereocenters. The molecule has 1 saturated carbocycles. The van der Waals surface area contributed by atoms with E-state index in [0.717, 1.165) is 82.0 Å². The maximum Gasteiger partial charge on any atom is 0.209 e. The van der Waals surface area contributed by atoms with Crippen LogP contribution in [0.5, 0.6) is 5.75 Å². The predicted octanol–water partition coefficient (Wildman–Crippen LogP) is 3.78. The third-order valence-electron chi connectivity index (χ3n) is 9.25. The van der Waals surface area contributed by atoms with E-state index in [-0.39, 0.29) is 12.1 Å². The summed E-state index contributed by atoms with van der Waals surface area (Å²) in [5.41, 5.74) is 3.86. The molecule has 2 aromatic heterocycles. The number of H-pyrrole nitrogens is 1.